The summed E-state index contributed by atoms with van der Waals surface area (Å²) in [5.74, 6) is -0.709. The van der Waals surface area contributed by atoms with E-state index in [1.54, 1.807) is 13.0 Å². The number of likely N-dealkylation sites (N-methyl/N-ethyl adjacent to an activating group) is 1. The van der Waals surface area contributed by atoms with Gasteiger partial charge in [0.2, 0.25) is 5.91 Å². The molecule has 0 aliphatic rings. The molecule has 0 saturated heterocycles. The molecule has 0 atom stereocenters. The van der Waals surface area contributed by atoms with Gasteiger partial charge in [0.15, 0.2) is 0 Å². The van der Waals surface area contributed by atoms with Crippen molar-refractivity contribution in [3.05, 3.63) is 29.3 Å². The highest BCUT2D eigenvalue weighted by Crippen LogP contribution is 2.16. The Labute approximate surface area is 106 Å². The monoisotopic (exact) mass is 252 g/mol. The SMILES string of the molecule is CCN(CC(N)=O)C(=O)c1cc(S)ccc1C. The fraction of sp³-hybridized carbons (Fsp3) is 0.333. The molecule has 0 spiro atoms. The van der Waals surface area contributed by atoms with Gasteiger partial charge in [-0.05, 0) is 31.5 Å². The molecular formula is C12H16N2O2S. The first-order chi connectivity index (χ1) is 7.95. The van der Waals surface area contributed by atoms with E-state index in [2.05, 4.69) is 12.6 Å². The van der Waals surface area contributed by atoms with E-state index in [4.69, 9.17) is 5.73 Å². The van der Waals surface area contributed by atoms with Crippen LogP contribution in [0.2, 0.25) is 0 Å². The number of nitrogens with two attached hydrogens (primary N) is 1. The van der Waals surface area contributed by atoms with Crippen molar-refractivity contribution in [1.82, 2.24) is 4.90 Å². The topological polar surface area (TPSA) is 63.4 Å². The Kier molecular flexibility index (Phi) is 4.57. The smallest absolute Gasteiger partial charge is 0.254 e. The number of thiol groups is 1. The minimum absolute atomic E-state index is 0.0639. The molecule has 0 aliphatic heterocycles. The molecule has 0 heterocycles. The molecule has 0 fully saturated rings. The van der Waals surface area contributed by atoms with Gasteiger partial charge in [-0.15, -0.1) is 12.6 Å². The molecule has 1 rings (SSSR count). The zero-order valence-corrected chi connectivity index (χ0v) is 10.8. The van der Waals surface area contributed by atoms with Gasteiger partial charge in [0.1, 0.15) is 0 Å². The maximum atomic E-state index is 12.2. The summed E-state index contributed by atoms with van der Waals surface area (Å²) in [6.45, 7) is 4.03. The summed E-state index contributed by atoms with van der Waals surface area (Å²) in [4.78, 5) is 25.2. The maximum absolute atomic E-state index is 12.2. The second-order valence-corrected chi connectivity index (χ2v) is 4.30. The summed E-state index contributed by atoms with van der Waals surface area (Å²) in [6, 6.07) is 5.34. The predicted octanol–water partition coefficient (Wildman–Crippen LogP) is 1.23. The lowest BCUT2D eigenvalue weighted by Gasteiger charge is -2.20. The molecule has 0 saturated carbocycles. The Hall–Kier alpha value is -1.49. The van der Waals surface area contributed by atoms with E-state index in [-0.39, 0.29) is 12.5 Å². The van der Waals surface area contributed by atoms with Crippen LogP contribution < -0.4 is 5.73 Å². The number of amides is 2. The fourth-order valence-corrected chi connectivity index (χ4v) is 1.73. The largest absolute Gasteiger partial charge is 0.368 e. The van der Waals surface area contributed by atoms with Crippen molar-refractivity contribution in [3.63, 3.8) is 0 Å². The lowest BCUT2D eigenvalue weighted by Crippen LogP contribution is -2.38. The third kappa shape index (κ3) is 3.49. The minimum atomic E-state index is -0.514. The Morgan fingerprint density at radius 1 is 1.41 bits per heavy atom. The number of hydrogen-bond acceptors (Lipinski definition) is 3. The van der Waals surface area contributed by atoms with E-state index in [1.165, 1.54) is 4.90 Å². The van der Waals surface area contributed by atoms with Crippen LogP contribution in [0.15, 0.2) is 23.1 Å². The highest BCUT2D eigenvalue weighted by Gasteiger charge is 2.17. The van der Waals surface area contributed by atoms with Crippen molar-refractivity contribution in [1.29, 1.82) is 0 Å². The molecule has 2 N–H and O–H groups in total. The molecular weight excluding hydrogens is 236 g/mol. The van der Waals surface area contributed by atoms with E-state index in [0.717, 1.165) is 5.56 Å². The highest BCUT2D eigenvalue weighted by atomic mass is 32.1. The average molecular weight is 252 g/mol. The summed E-state index contributed by atoms with van der Waals surface area (Å²) in [5.41, 5.74) is 6.52. The molecule has 1 aromatic carbocycles. The van der Waals surface area contributed by atoms with Crippen LogP contribution in [0.5, 0.6) is 0 Å². The average Bonchev–Trinajstić information content (AvgIpc) is 2.28. The highest BCUT2D eigenvalue weighted by molar-refractivity contribution is 7.80. The van der Waals surface area contributed by atoms with E-state index in [0.29, 0.717) is 17.0 Å². The number of rotatable bonds is 4. The van der Waals surface area contributed by atoms with Gasteiger partial charge < -0.3 is 10.6 Å². The van der Waals surface area contributed by atoms with Gasteiger partial charge in [-0.3, -0.25) is 9.59 Å². The van der Waals surface area contributed by atoms with Gasteiger partial charge in [-0.2, -0.15) is 0 Å². The molecule has 1 aromatic rings. The van der Waals surface area contributed by atoms with Crippen LogP contribution in [0, 0.1) is 6.92 Å². The second-order valence-electron chi connectivity index (χ2n) is 3.78. The number of carbonyl (C=O) groups excluding carboxylic acids is 2. The summed E-state index contributed by atoms with van der Waals surface area (Å²) in [6.07, 6.45) is 0. The predicted molar refractivity (Wildman–Crippen MR) is 69.2 cm³/mol. The zero-order valence-electron chi connectivity index (χ0n) is 9.93. The van der Waals surface area contributed by atoms with Gasteiger partial charge in [0, 0.05) is 17.0 Å². The third-order valence-electron chi connectivity index (χ3n) is 2.47. The van der Waals surface area contributed by atoms with E-state index < -0.39 is 5.91 Å². The van der Waals surface area contributed by atoms with Crippen LogP contribution in [-0.2, 0) is 4.79 Å². The van der Waals surface area contributed by atoms with Crippen LogP contribution in [0.4, 0.5) is 0 Å². The molecule has 2 amide bonds. The second kappa shape index (κ2) is 5.72. The number of carbonyl (C=O) groups is 2. The van der Waals surface area contributed by atoms with Crippen molar-refractivity contribution in [2.75, 3.05) is 13.1 Å². The van der Waals surface area contributed by atoms with Crippen molar-refractivity contribution in [2.24, 2.45) is 5.73 Å². The van der Waals surface area contributed by atoms with Gasteiger partial charge in [0.25, 0.3) is 5.91 Å². The molecule has 0 aliphatic carbocycles. The normalized spacial score (nSPS) is 10.1. The van der Waals surface area contributed by atoms with Crippen molar-refractivity contribution in [2.45, 2.75) is 18.7 Å². The van der Waals surface area contributed by atoms with Crippen molar-refractivity contribution < 1.29 is 9.59 Å². The fourth-order valence-electron chi connectivity index (χ4n) is 1.53. The van der Waals surface area contributed by atoms with E-state index in [9.17, 15) is 9.59 Å². The third-order valence-corrected chi connectivity index (χ3v) is 2.75. The molecule has 17 heavy (non-hydrogen) atoms. The number of hydrogen-bond donors (Lipinski definition) is 2. The molecule has 4 nitrogen and oxygen atoms in total. The molecule has 5 heteroatoms. The summed E-state index contributed by atoms with van der Waals surface area (Å²) < 4.78 is 0. The quantitative estimate of drug-likeness (QED) is 0.792. The Balaban J connectivity index is 3.01. The van der Waals surface area contributed by atoms with Gasteiger partial charge >= 0.3 is 0 Å². The van der Waals surface area contributed by atoms with Crippen LogP contribution in [-0.4, -0.2) is 29.8 Å². The van der Waals surface area contributed by atoms with Crippen LogP contribution in [0.25, 0.3) is 0 Å². The molecule has 92 valence electrons. The van der Waals surface area contributed by atoms with Crippen LogP contribution >= 0.6 is 12.6 Å². The number of benzene rings is 1. The lowest BCUT2D eigenvalue weighted by molar-refractivity contribution is -0.118. The first-order valence-corrected chi connectivity index (χ1v) is 5.77. The zero-order chi connectivity index (χ0) is 13.0. The number of primary amides is 1. The standard InChI is InChI=1S/C12H16N2O2S/c1-3-14(7-11(13)15)12(16)10-6-9(17)5-4-8(10)2/h4-6,17H,3,7H2,1-2H3,(H2,13,15). The first-order valence-electron chi connectivity index (χ1n) is 5.33. The molecule has 0 radical (unpaired) electrons. The number of nitrogens with zero attached hydrogens (tertiary/aromatic N) is 1. The van der Waals surface area contributed by atoms with Gasteiger partial charge in [0.05, 0.1) is 6.54 Å². The first kappa shape index (κ1) is 13.6. The Morgan fingerprint density at radius 2 is 2.06 bits per heavy atom. The number of aryl methyl sites for hydroxylation is 1. The van der Waals surface area contributed by atoms with Crippen LogP contribution in [0.1, 0.15) is 22.8 Å². The summed E-state index contributed by atoms with van der Waals surface area (Å²) in [7, 11) is 0. The maximum Gasteiger partial charge on any atom is 0.254 e. The van der Waals surface area contributed by atoms with Crippen LogP contribution in [0.3, 0.4) is 0 Å². The van der Waals surface area contributed by atoms with Gasteiger partial charge in [-0.25, -0.2) is 0 Å². The molecule has 0 aromatic heterocycles. The summed E-state index contributed by atoms with van der Waals surface area (Å²) in [5, 5.41) is 0. The Bertz CT molecular complexity index is 446. The van der Waals surface area contributed by atoms with E-state index in [1.807, 2.05) is 19.1 Å². The Morgan fingerprint density at radius 3 is 2.59 bits per heavy atom. The molecule has 0 unspecified atom stereocenters. The minimum Gasteiger partial charge on any atom is -0.368 e. The lowest BCUT2D eigenvalue weighted by atomic mass is 10.1. The van der Waals surface area contributed by atoms with Crippen molar-refractivity contribution in [3.8, 4) is 0 Å². The van der Waals surface area contributed by atoms with Crippen molar-refractivity contribution >= 4 is 24.4 Å². The van der Waals surface area contributed by atoms with Gasteiger partial charge in [-0.1, -0.05) is 6.07 Å². The summed E-state index contributed by atoms with van der Waals surface area (Å²) >= 11 is 4.20. The van der Waals surface area contributed by atoms with E-state index >= 15 is 0 Å². The molecule has 0 bridgehead atoms.